The number of ether oxygens (including phenoxy) is 4. The zero-order valence-electron chi connectivity index (χ0n) is 28.4. The molecule has 0 bridgehead atoms. The molecule has 0 radical (unpaired) electrons. The monoisotopic (exact) mass is 667 g/mol. The van der Waals surface area contributed by atoms with E-state index in [0.29, 0.717) is 35.0 Å². The van der Waals surface area contributed by atoms with E-state index in [1.807, 2.05) is 0 Å². The molecule has 48 heavy (non-hydrogen) atoms. The highest BCUT2D eigenvalue weighted by Crippen LogP contribution is 2.43. The van der Waals surface area contributed by atoms with Gasteiger partial charge < -0.3 is 24.1 Å². The number of nitrogens with one attached hydrogen (secondary N) is 2. The lowest BCUT2D eigenvalue weighted by atomic mass is 9.79. The molecule has 1 unspecified atom stereocenters. The lowest BCUT2D eigenvalue weighted by Crippen LogP contribution is -2.42. The summed E-state index contributed by atoms with van der Waals surface area (Å²) in [5.41, 5.74) is -0.622. The Balaban J connectivity index is 1.55. The van der Waals surface area contributed by atoms with Crippen LogP contribution in [-0.4, -0.2) is 69.9 Å². The Morgan fingerprint density at radius 2 is 1.69 bits per heavy atom. The Morgan fingerprint density at radius 3 is 2.33 bits per heavy atom. The standard InChI is InChI=1S/C34H42FN5O8/c1-17-23(15-37-29-28(17)40(9-10-45-29)32(44)48-34(6,7)8)22-13-20-14-25(38-30(42)46-21-11-19(12-21)18(2)41)36-16-24(20)27(26(22)35)39-31(43)47-33(3,4)5/h13-16,18-19,21,41H,9-12H2,1-8H3,(H,39,43)(H,36,38,42). The average Bonchev–Trinajstić information content (AvgIpc) is 2.94. The van der Waals surface area contributed by atoms with Crippen molar-refractivity contribution in [2.75, 3.05) is 28.7 Å². The number of pyridine rings is 2. The molecule has 1 saturated carbocycles. The largest absolute Gasteiger partial charge is 0.474 e. The molecule has 14 heteroatoms. The van der Waals surface area contributed by atoms with Gasteiger partial charge in [-0.1, -0.05) is 0 Å². The summed E-state index contributed by atoms with van der Waals surface area (Å²) in [6.07, 6.45) is 0.880. The number of fused-ring (bicyclic) bond motifs is 2. The van der Waals surface area contributed by atoms with E-state index in [4.69, 9.17) is 18.9 Å². The molecule has 3 amide bonds. The molecule has 1 atom stereocenters. The van der Waals surface area contributed by atoms with E-state index in [1.54, 1.807) is 61.5 Å². The molecule has 5 rings (SSSR count). The van der Waals surface area contributed by atoms with Crippen molar-refractivity contribution < 1.29 is 42.8 Å². The first-order chi connectivity index (χ1) is 22.4. The molecule has 3 N–H and O–H groups in total. The number of nitrogens with zero attached hydrogens (tertiary/aromatic N) is 3. The number of amides is 3. The van der Waals surface area contributed by atoms with Crippen molar-refractivity contribution >= 4 is 46.2 Å². The molecular formula is C34H42FN5O8. The highest BCUT2D eigenvalue weighted by molar-refractivity contribution is 6.05. The SMILES string of the molecule is Cc1c(-c2cc3cc(NC(=O)OC4CC(C(C)O)C4)ncc3c(NC(=O)OC(C)(C)C)c2F)cnc2c1N(C(=O)OC(C)(C)C)CCO2. The maximum absolute atomic E-state index is 16.6. The van der Waals surface area contributed by atoms with Crippen LogP contribution in [0.3, 0.4) is 0 Å². The maximum Gasteiger partial charge on any atom is 0.415 e. The number of carbonyl (C=O) groups excluding carboxylic acids is 3. The lowest BCUT2D eigenvalue weighted by Gasteiger charge is -2.36. The Hall–Kier alpha value is -4.72. The van der Waals surface area contributed by atoms with Gasteiger partial charge in [0.15, 0.2) is 5.82 Å². The second kappa shape index (κ2) is 13.1. The van der Waals surface area contributed by atoms with Gasteiger partial charge in [0.05, 0.1) is 18.3 Å². The first-order valence-electron chi connectivity index (χ1n) is 15.8. The number of anilines is 3. The molecule has 13 nitrogen and oxygen atoms in total. The number of hydrogen-bond acceptors (Lipinski definition) is 10. The third-order valence-corrected chi connectivity index (χ3v) is 7.90. The zero-order valence-corrected chi connectivity index (χ0v) is 28.4. The van der Waals surface area contributed by atoms with E-state index in [9.17, 15) is 19.5 Å². The molecule has 3 aromatic rings. The third-order valence-electron chi connectivity index (χ3n) is 7.90. The van der Waals surface area contributed by atoms with Crippen LogP contribution in [0.15, 0.2) is 24.5 Å². The predicted octanol–water partition coefficient (Wildman–Crippen LogP) is 6.93. The zero-order chi connectivity index (χ0) is 35.1. The molecule has 2 aliphatic rings. The number of aliphatic hydroxyl groups is 1. The van der Waals surface area contributed by atoms with E-state index in [2.05, 4.69) is 20.6 Å². The minimum atomic E-state index is -0.883. The van der Waals surface area contributed by atoms with E-state index < -0.39 is 41.4 Å². The summed E-state index contributed by atoms with van der Waals surface area (Å²) in [6, 6.07) is 3.07. The highest BCUT2D eigenvalue weighted by Gasteiger charge is 2.35. The molecule has 258 valence electrons. The van der Waals surface area contributed by atoms with E-state index in [-0.39, 0.29) is 53.5 Å². The van der Waals surface area contributed by atoms with E-state index in [0.717, 1.165) is 0 Å². The van der Waals surface area contributed by atoms with Crippen LogP contribution in [0.1, 0.15) is 66.9 Å². The Bertz CT molecular complexity index is 1740. The van der Waals surface area contributed by atoms with E-state index >= 15 is 4.39 Å². The average molecular weight is 668 g/mol. The van der Waals surface area contributed by atoms with Crippen LogP contribution < -0.4 is 20.3 Å². The molecular weight excluding hydrogens is 625 g/mol. The molecule has 1 aliphatic carbocycles. The summed E-state index contributed by atoms with van der Waals surface area (Å²) in [6.45, 7) is 14.1. The molecule has 3 heterocycles. The summed E-state index contributed by atoms with van der Waals surface area (Å²) in [7, 11) is 0. The van der Waals surface area contributed by atoms with Gasteiger partial charge in [-0.25, -0.2) is 28.7 Å². The van der Waals surface area contributed by atoms with Gasteiger partial charge in [0.25, 0.3) is 0 Å². The van der Waals surface area contributed by atoms with Gasteiger partial charge in [-0.05, 0) is 97.2 Å². The Kier molecular flexibility index (Phi) is 9.42. The van der Waals surface area contributed by atoms with Gasteiger partial charge in [-0.15, -0.1) is 0 Å². The number of halogens is 1. The first-order valence-corrected chi connectivity index (χ1v) is 15.8. The number of benzene rings is 1. The second-order valence-electron chi connectivity index (χ2n) is 14.1. The van der Waals surface area contributed by atoms with Gasteiger partial charge in [-0.3, -0.25) is 15.5 Å². The first kappa shape index (κ1) is 34.6. The smallest absolute Gasteiger partial charge is 0.415 e. The Labute approximate surface area is 278 Å². The molecule has 1 fully saturated rings. The van der Waals surface area contributed by atoms with Crippen LogP contribution in [0.5, 0.6) is 5.88 Å². The maximum atomic E-state index is 16.6. The summed E-state index contributed by atoms with van der Waals surface area (Å²) in [4.78, 5) is 48.8. The fraction of sp³-hybridized carbons (Fsp3) is 0.500. The summed E-state index contributed by atoms with van der Waals surface area (Å²) < 4.78 is 38.8. The van der Waals surface area contributed by atoms with Crippen LogP contribution in [-0.2, 0) is 14.2 Å². The number of carbonyl (C=O) groups is 3. The van der Waals surface area contributed by atoms with Crippen molar-refractivity contribution in [3.8, 4) is 17.0 Å². The predicted molar refractivity (Wildman–Crippen MR) is 177 cm³/mol. The quantitative estimate of drug-likeness (QED) is 0.243. The lowest BCUT2D eigenvalue weighted by molar-refractivity contribution is -0.0262. The normalized spacial score (nSPS) is 18.2. The number of hydrogen-bond donors (Lipinski definition) is 3. The summed E-state index contributed by atoms with van der Waals surface area (Å²) in [5, 5.41) is 15.5. The van der Waals surface area contributed by atoms with Gasteiger partial charge in [0.1, 0.15) is 35.4 Å². The number of rotatable bonds is 5. The second-order valence-corrected chi connectivity index (χ2v) is 14.1. The van der Waals surface area contributed by atoms with E-state index in [1.165, 1.54) is 23.4 Å². The fourth-order valence-electron chi connectivity index (χ4n) is 5.55. The van der Waals surface area contributed by atoms with Crippen molar-refractivity contribution in [1.29, 1.82) is 0 Å². The van der Waals surface area contributed by atoms with Gasteiger partial charge >= 0.3 is 18.3 Å². The molecule has 0 spiro atoms. The molecule has 1 aliphatic heterocycles. The summed E-state index contributed by atoms with van der Waals surface area (Å²) >= 11 is 0. The molecule has 1 aromatic carbocycles. The molecule has 2 aromatic heterocycles. The highest BCUT2D eigenvalue weighted by atomic mass is 19.1. The fourth-order valence-corrected chi connectivity index (χ4v) is 5.55. The van der Waals surface area contributed by atoms with Gasteiger partial charge in [0.2, 0.25) is 5.88 Å². The molecule has 0 saturated heterocycles. The number of aromatic nitrogens is 2. The van der Waals surface area contributed by atoms with Gasteiger partial charge in [-0.2, -0.15) is 0 Å². The van der Waals surface area contributed by atoms with Crippen LogP contribution >= 0.6 is 0 Å². The van der Waals surface area contributed by atoms with Crippen LogP contribution in [0, 0.1) is 18.7 Å². The van der Waals surface area contributed by atoms with Gasteiger partial charge in [0, 0.05) is 28.9 Å². The minimum Gasteiger partial charge on any atom is -0.474 e. The van der Waals surface area contributed by atoms with Crippen molar-refractivity contribution in [3.05, 3.63) is 35.9 Å². The summed E-state index contributed by atoms with van der Waals surface area (Å²) in [5.74, 6) is -0.389. The number of aliphatic hydroxyl groups excluding tert-OH is 1. The van der Waals surface area contributed by atoms with Crippen molar-refractivity contribution in [2.45, 2.75) is 91.6 Å². The van der Waals surface area contributed by atoms with Crippen LogP contribution in [0.2, 0.25) is 0 Å². The van der Waals surface area contributed by atoms with Crippen molar-refractivity contribution in [3.63, 3.8) is 0 Å². The van der Waals surface area contributed by atoms with Crippen molar-refractivity contribution in [1.82, 2.24) is 9.97 Å². The topological polar surface area (TPSA) is 161 Å². The van der Waals surface area contributed by atoms with Crippen LogP contribution in [0.4, 0.5) is 36.0 Å². The van der Waals surface area contributed by atoms with Crippen molar-refractivity contribution in [2.24, 2.45) is 5.92 Å². The van der Waals surface area contributed by atoms with Crippen LogP contribution in [0.25, 0.3) is 21.9 Å². The minimum absolute atomic E-state index is 0.0504. The Morgan fingerprint density at radius 1 is 1.00 bits per heavy atom. The third kappa shape index (κ3) is 7.70.